The number of rotatable bonds is 5. The first kappa shape index (κ1) is 15.2. The zero-order chi connectivity index (χ0) is 14.2. The molecule has 1 fully saturated rings. The number of alkyl halides is 1. The lowest BCUT2D eigenvalue weighted by atomic mass is 10.1. The molecule has 1 atom stereocenters. The fourth-order valence-electron chi connectivity index (χ4n) is 2.19. The second-order valence-corrected chi connectivity index (χ2v) is 4.97. The minimum absolute atomic E-state index is 0.249. The lowest BCUT2D eigenvalue weighted by molar-refractivity contribution is 0.0979. The molecule has 0 radical (unpaired) electrons. The summed E-state index contributed by atoms with van der Waals surface area (Å²) in [5.74, 6) is 5.73. The molecule has 0 amide bonds. The SMILES string of the molecule is Fc1ccc(C#CCCl)cc1OCCCC1CCCO1. The fourth-order valence-corrected chi connectivity index (χ4v) is 2.26. The molecule has 2 rings (SSSR count). The Balaban J connectivity index is 1.81. The third-order valence-electron chi connectivity index (χ3n) is 3.18. The van der Waals surface area contributed by atoms with Crippen LogP contribution in [0.4, 0.5) is 4.39 Å². The van der Waals surface area contributed by atoms with Crippen molar-refractivity contribution in [2.75, 3.05) is 19.1 Å². The van der Waals surface area contributed by atoms with E-state index in [0.717, 1.165) is 32.3 Å². The van der Waals surface area contributed by atoms with E-state index in [-0.39, 0.29) is 17.4 Å². The molecule has 1 aliphatic heterocycles. The van der Waals surface area contributed by atoms with E-state index in [9.17, 15) is 4.39 Å². The van der Waals surface area contributed by atoms with Crippen LogP contribution in [-0.2, 0) is 4.74 Å². The predicted molar refractivity (Wildman–Crippen MR) is 77.7 cm³/mol. The molecule has 1 aliphatic rings. The third-order valence-corrected chi connectivity index (χ3v) is 3.32. The lowest BCUT2D eigenvalue weighted by Gasteiger charge is -2.10. The van der Waals surface area contributed by atoms with E-state index in [1.54, 1.807) is 12.1 Å². The lowest BCUT2D eigenvalue weighted by Crippen LogP contribution is -2.08. The molecule has 108 valence electrons. The van der Waals surface area contributed by atoms with Gasteiger partial charge in [0.1, 0.15) is 0 Å². The Kier molecular flexibility index (Phi) is 6.17. The highest BCUT2D eigenvalue weighted by Gasteiger charge is 2.14. The van der Waals surface area contributed by atoms with Gasteiger partial charge in [-0.25, -0.2) is 4.39 Å². The molecule has 0 aromatic heterocycles. The Morgan fingerprint density at radius 3 is 3.10 bits per heavy atom. The van der Waals surface area contributed by atoms with Gasteiger partial charge in [0, 0.05) is 12.2 Å². The molecule has 2 nitrogen and oxygen atoms in total. The van der Waals surface area contributed by atoms with Crippen molar-refractivity contribution in [2.45, 2.75) is 31.8 Å². The van der Waals surface area contributed by atoms with Crippen LogP contribution in [0, 0.1) is 17.7 Å². The summed E-state index contributed by atoms with van der Waals surface area (Å²) in [7, 11) is 0. The van der Waals surface area contributed by atoms with E-state index in [1.807, 2.05) is 0 Å². The predicted octanol–water partition coefficient (Wildman–Crippen LogP) is 3.75. The van der Waals surface area contributed by atoms with Crippen LogP contribution in [0.2, 0.25) is 0 Å². The van der Waals surface area contributed by atoms with Gasteiger partial charge in [-0.1, -0.05) is 11.8 Å². The Hall–Kier alpha value is -1.24. The van der Waals surface area contributed by atoms with Crippen molar-refractivity contribution < 1.29 is 13.9 Å². The number of hydrogen-bond donors (Lipinski definition) is 0. The molecule has 1 unspecified atom stereocenters. The Labute approximate surface area is 124 Å². The molecule has 20 heavy (non-hydrogen) atoms. The van der Waals surface area contributed by atoms with Gasteiger partial charge in [-0.05, 0) is 43.9 Å². The van der Waals surface area contributed by atoms with Gasteiger partial charge in [-0.3, -0.25) is 0 Å². The van der Waals surface area contributed by atoms with Crippen LogP contribution in [0.25, 0.3) is 0 Å². The molecule has 1 aromatic carbocycles. The first-order valence-corrected chi connectivity index (χ1v) is 7.42. The molecule has 0 spiro atoms. The van der Waals surface area contributed by atoms with E-state index < -0.39 is 0 Å². The molecule has 1 saturated heterocycles. The van der Waals surface area contributed by atoms with Crippen LogP contribution in [-0.4, -0.2) is 25.2 Å². The molecule has 0 saturated carbocycles. The summed E-state index contributed by atoms with van der Waals surface area (Å²) in [6.45, 7) is 1.35. The molecule has 1 aromatic rings. The van der Waals surface area contributed by atoms with Crippen LogP contribution < -0.4 is 4.74 Å². The Bertz CT molecular complexity index is 487. The minimum atomic E-state index is -0.362. The van der Waals surface area contributed by atoms with Crippen molar-refractivity contribution in [1.82, 2.24) is 0 Å². The van der Waals surface area contributed by atoms with Gasteiger partial charge in [0.25, 0.3) is 0 Å². The maximum Gasteiger partial charge on any atom is 0.165 e. The number of hydrogen-bond acceptors (Lipinski definition) is 2. The number of halogens is 2. The topological polar surface area (TPSA) is 18.5 Å². The van der Waals surface area contributed by atoms with Crippen LogP contribution >= 0.6 is 11.6 Å². The molecule has 0 bridgehead atoms. The molecular formula is C16H18ClFO2. The van der Waals surface area contributed by atoms with Crippen molar-refractivity contribution in [3.05, 3.63) is 29.6 Å². The first-order chi connectivity index (χ1) is 9.79. The van der Waals surface area contributed by atoms with Gasteiger partial charge >= 0.3 is 0 Å². The number of ether oxygens (including phenoxy) is 2. The summed E-state index contributed by atoms with van der Waals surface area (Å²) in [5, 5.41) is 0. The largest absolute Gasteiger partial charge is 0.490 e. The highest BCUT2D eigenvalue weighted by atomic mass is 35.5. The smallest absolute Gasteiger partial charge is 0.165 e. The van der Waals surface area contributed by atoms with Crippen LogP contribution in [0.3, 0.4) is 0 Å². The summed E-state index contributed by atoms with van der Waals surface area (Å²) >= 11 is 5.50. The summed E-state index contributed by atoms with van der Waals surface area (Å²) in [5.41, 5.74) is 0.709. The van der Waals surface area contributed by atoms with Crippen LogP contribution in [0.15, 0.2) is 18.2 Å². The van der Waals surface area contributed by atoms with E-state index in [4.69, 9.17) is 21.1 Å². The van der Waals surface area contributed by atoms with Crippen molar-refractivity contribution in [3.8, 4) is 17.6 Å². The van der Waals surface area contributed by atoms with Gasteiger partial charge in [-0.2, -0.15) is 0 Å². The van der Waals surface area contributed by atoms with Crippen molar-refractivity contribution >= 4 is 11.6 Å². The Morgan fingerprint density at radius 2 is 2.35 bits per heavy atom. The first-order valence-electron chi connectivity index (χ1n) is 6.88. The second kappa shape index (κ2) is 8.14. The quantitative estimate of drug-likeness (QED) is 0.468. The van der Waals surface area contributed by atoms with Gasteiger partial charge in [-0.15, -0.1) is 11.6 Å². The molecular weight excluding hydrogens is 279 g/mol. The van der Waals surface area contributed by atoms with Crippen molar-refractivity contribution in [2.24, 2.45) is 0 Å². The zero-order valence-corrected chi connectivity index (χ0v) is 12.1. The summed E-state index contributed by atoms with van der Waals surface area (Å²) in [4.78, 5) is 0. The maximum absolute atomic E-state index is 13.6. The van der Waals surface area contributed by atoms with Gasteiger partial charge < -0.3 is 9.47 Å². The van der Waals surface area contributed by atoms with E-state index >= 15 is 0 Å². The monoisotopic (exact) mass is 296 g/mol. The van der Waals surface area contributed by atoms with E-state index in [0.29, 0.717) is 18.3 Å². The molecule has 4 heteroatoms. The number of benzene rings is 1. The third kappa shape index (κ3) is 4.70. The molecule has 0 aliphatic carbocycles. The minimum Gasteiger partial charge on any atom is -0.490 e. The highest BCUT2D eigenvalue weighted by molar-refractivity contribution is 6.19. The van der Waals surface area contributed by atoms with Crippen LogP contribution in [0.1, 0.15) is 31.2 Å². The van der Waals surface area contributed by atoms with Gasteiger partial charge in [0.15, 0.2) is 11.6 Å². The second-order valence-electron chi connectivity index (χ2n) is 4.71. The normalized spacial score (nSPS) is 17.6. The Morgan fingerprint density at radius 1 is 1.45 bits per heavy atom. The summed E-state index contributed by atoms with van der Waals surface area (Å²) in [6, 6.07) is 4.60. The van der Waals surface area contributed by atoms with Gasteiger partial charge in [0.2, 0.25) is 0 Å². The molecule has 0 N–H and O–H groups in total. The highest BCUT2D eigenvalue weighted by Crippen LogP contribution is 2.20. The summed E-state index contributed by atoms with van der Waals surface area (Å²) in [6.07, 6.45) is 4.44. The standard InChI is InChI=1S/C16H18ClFO2/c17-9-1-4-13-7-8-15(18)16(12-13)20-11-3-6-14-5-2-10-19-14/h7-8,12,14H,2-3,5-6,9-11H2. The van der Waals surface area contributed by atoms with Crippen molar-refractivity contribution in [3.63, 3.8) is 0 Å². The van der Waals surface area contributed by atoms with Crippen molar-refractivity contribution in [1.29, 1.82) is 0 Å². The summed E-state index contributed by atoms with van der Waals surface area (Å²) < 4.78 is 24.6. The maximum atomic E-state index is 13.6. The average molecular weight is 297 g/mol. The van der Waals surface area contributed by atoms with Crippen LogP contribution in [0.5, 0.6) is 5.75 Å². The van der Waals surface area contributed by atoms with E-state index in [2.05, 4.69) is 11.8 Å². The van der Waals surface area contributed by atoms with E-state index in [1.165, 1.54) is 6.07 Å². The van der Waals surface area contributed by atoms with Gasteiger partial charge in [0.05, 0.1) is 18.6 Å². The zero-order valence-electron chi connectivity index (χ0n) is 11.3. The average Bonchev–Trinajstić information content (AvgIpc) is 2.97. The molecule has 1 heterocycles. The fraction of sp³-hybridized carbons (Fsp3) is 0.500.